The number of rotatable bonds is 5. The second kappa shape index (κ2) is 8.74. The Morgan fingerprint density at radius 1 is 0.727 bits per heavy atom. The summed E-state index contributed by atoms with van der Waals surface area (Å²) in [6.45, 7) is 7.28. The molecule has 1 heterocycles. The van der Waals surface area contributed by atoms with Crippen LogP contribution in [-0.4, -0.2) is 17.7 Å². The van der Waals surface area contributed by atoms with Gasteiger partial charge in [-0.05, 0) is 73.9 Å². The average molecular weight is 440 g/mol. The quantitative estimate of drug-likeness (QED) is 0.551. The molecule has 3 aromatic carbocycles. The van der Waals surface area contributed by atoms with Crippen LogP contribution < -0.4 is 15.5 Å². The Morgan fingerprint density at radius 2 is 1.30 bits per heavy atom. The van der Waals surface area contributed by atoms with Crippen LogP contribution in [0.4, 0.5) is 17.1 Å². The molecule has 0 fully saturated rings. The van der Waals surface area contributed by atoms with Crippen molar-refractivity contribution >= 4 is 40.4 Å². The smallest absolute Gasteiger partial charge is 0.282 e. The minimum Gasteiger partial charge on any atom is -0.350 e. The van der Waals surface area contributed by atoms with Crippen LogP contribution in [0.1, 0.15) is 29.2 Å². The molecular formula is C27H25N3O3. The molecule has 0 saturated carbocycles. The molecule has 0 aromatic heterocycles. The van der Waals surface area contributed by atoms with Crippen molar-refractivity contribution in [3.05, 3.63) is 94.7 Å². The summed E-state index contributed by atoms with van der Waals surface area (Å²) in [6, 6.07) is 20.2. The summed E-state index contributed by atoms with van der Waals surface area (Å²) >= 11 is 0. The molecule has 6 heteroatoms. The van der Waals surface area contributed by atoms with Crippen molar-refractivity contribution in [1.82, 2.24) is 0 Å². The molecule has 0 spiro atoms. The number of hydrogen-bond donors (Lipinski definition) is 2. The van der Waals surface area contributed by atoms with Gasteiger partial charge in [-0.25, -0.2) is 4.90 Å². The fraction of sp³-hybridized carbons (Fsp3) is 0.148. The van der Waals surface area contributed by atoms with E-state index in [1.165, 1.54) is 11.8 Å². The van der Waals surface area contributed by atoms with E-state index >= 15 is 0 Å². The summed E-state index contributed by atoms with van der Waals surface area (Å²) < 4.78 is 0. The van der Waals surface area contributed by atoms with Gasteiger partial charge in [0, 0.05) is 18.3 Å². The predicted molar refractivity (Wildman–Crippen MR) is 131 cm³/mol. The van der Waals surface area contributed by atoms with Gasteiger partial charge in [-0.3, -0.25) is 14.4 Å². The summed E-state index contributed by atoms with van der Waals surface area (Å²) in [5, 5.41) is 5.88. The van der Waals surface area contributed by atoms with Gasteiger partial charge >= 0.3 is 0 Å². The second-order valence-electron chi connectivity index (χ2n) is 8.29. The maximum absolute atomic E-state index is 13.6. The number of aryl methyl sites for hydroxylation is 3. The first-order valence-electron chi connectivity index (χ1n) is 10.7. The maximum Gasteiger partial charge on any atom is 0.282 e. The highest BCUT2D eigenvalue weighted by Crippen LogP contribution is 2.35. The van der Waals surface area contributed by atoms with Crippen molar-refractivity contribution in [3.8, 4) is 0 Å². The van der Waals surface area contributed by atoms with Crippen LogP contribution in [0.15, 0.2) is 72.4 Å². The molecule has 33 heavy (non-hydrogen) atoms. The molecule has 0 unspecified atom stereocenters. The molecule has 166 valence electrons. The predicted octanol–water partition coefficient (Wildman–Crippen LogP) is 4.97. The van der Waals surface area contributed by atoms with Gasteiger partial charge in [0.25, 0.3) is 11.8 Å². The summed E-state index contributed by atoms with van der Waals surface area (Å²) in [5.41, 5.74) is 5.98. The van der Waals surface area contributed by atoms with Gasteiger partial charge in [-0.15, -0.1) is 0 Å². The van der Waals surface area contributed by atoms with E-state index in [1.54, 1.807) is 24.3 Å². The summed E-state index contributed by atoms with van der Waals surface area (Å²) in [6.07, 6.45) is 0. The first kappa shape index (κ1) is 22.0. The number of anilines is 3. The van der Waals surface area contributed by atoms with Gasteiger partial charge in [-0.1, -0.05) is 35.9 Å². The van der Waals surface area contributed by atoms with Gasteiger partial charge in [0.2, 0.25) is 5.91 Å². The number of hydrogen-bond acceptors (Lipinski definition) is 4. The number of nitrogens with zero attached hydrogens (tertiary/aromatic N) is 1. The number of carbonyl (C=O) groups is 3. The Hall–Kier alpha value is -4.19. The highest BCUT2D eigenvalue weighted by atomic mass is 16.2. The molecule has 0 atom stereocenters. The number of imide groups is 1. The molecule has 6 nitrogen and oxygen atoms in total. The normalized spacial score (nSPS) is 13.5. The van der Waals surface area contributed by atoms with E-state index in [0.29, 0.717) is 22.6 Å². The summed E-state index contributed by atoms with van der Waals surface area (Å²) in [4.78, 5) is 39.7. The molecule has 0 aliphatic carbocycles. The molecular weight excluding hydrogens is 414 g/mol. The lowest BCUT2D eigenvalue weighted by molar-refractivity contribution is -0.120. The van der Waals surface area contributed by atoms with Crippen molar-refractivity contribution in [2.45, 2.75) is 27.7 Å². The molecule has 3 aromatic rings. The standard InChI is InChI=1S/C27H25N3O3/c1-16-5-9-22(10-6-16)29-25-24(20-7-11-21(12-8-20)28-19(4)31)26(32)30(27(25)33)23-14-17(2)13-18(3)15-23/h5-15,29H,1-4H3,(H,28,31). The van der Waals surface area contributed by atoms with E-state index in [4.69, 9.17) is 0 Å². The second-order valence-corrected chi connectivity index (χ2v) is 8.29. The van der Waals surface area contributed by atoms with E-state index in [1.807, 2.05) is 63.2 Å². The van der Waals surface area contributed by atoms with Crippen LogP contribution >= 0.6 is 0 Å². The third kappa shape index (κ3) is 4.55. The van der Waals surface area contributed by atoms with Gasteiger partial charge in [0.05, 0.1) is 11.3 Å². The average Bonchev–Trinajstić information content (AvgIpc) is 2.99. The van der Waals surface area contributed by atoms with Gasteiger partial charge in [-0.2, -0.15) is 0 Å². The van der Waals surface area contributed by atoms with Gasteiger partial charge < -0.3 is 10.6 Å². The van der Waals surface area contributed by atoms with E-state index < -0.39 is 11.8 Å². The van der Waals surface area contributed by atoms with E-state index in [2.05, 4.69) is 10.6 Å². The molecule has 4 rings (SSSR count). The number of carbonyl (C=O) groups excluding carboxylic acids is 3. The van der Waals surface area contributed by atoms with Crippen molar-refractivity contribution in [1.29, 1.82) is 0 Å². The minimum absolute atomic E-state index is 0.184. The SMILES string of the molecule is CC(=O)Nc1ccc(C2=C(Nc3ccc(C)cc3)C(=O)N(c3cc(C)cc(C)c3)C2=O)cc1. The fourth-order valence-electron chi connectivity index (χ4n) is 3.93. The topological polar surface area (TPSA) is 78.5 Å². The Kier molecular flexibility index (Phi) is 5.84. The van der Waals surface area contributed by atoms with Gasteiger partial charge in [0.1, 0.15) is 5.70 Å². The Labute approximate surface area is 192 Å². The van der Waals surface area contributed by atoms with Gasteiger partial charge in [0.15, 0.2) is 0 Å². The van der Waals surface area contributed by atoms with Crippen LogP contribution in [0.3, 0.4) is 0 Å². The van der Waals surface area contributed by atoms with Crippen LogP contribution in [0, 0.1) is 20.8 Å². The first-order valence-corrected chi connectivity index (χ1v) is 10.7. The van der Waals surface area contributed by atoms with Crippen LogP contribution in [-0.2, 0) is 14.4 Å². The highest BCUT2D eigenvalue weighted by Gasteiger charge is 2.40. The van der Waals surface area contributed by atoms with Crippen molar-refractivity contribution in [2.75, 3.05) is 15.5 Å². The number of nitrogens with one attached hydrogen (secondary N) is 2. The number of amides is 3. The molecule has 1 aliphatic rings. The highest BCUT2D eigenvalue weighted by molar-refractivity contribution is 6.46. The summed E-state index contributed by atoms with van der Waals surface area (Å²) in [7, 11) is 0. The van der Waals surface area contributed by atoms with Crippen molar-refractivity contribution < 1.29 is 14.4 Å². The summed E-state index contributed by atoms with van der Waals surface area (Å²) in [5.74, 6) is -0.991. The van der Waals surface area contributed by atoms with Crippen LogP contribution in [0.5, 0.6) is 0 Å². The third-order valence-electron chi connectivity index (χ3n) is 5.36. The van der Waals surface area contributed by atoms with E-state index in [-0.39, 0.29) is 17.2 Å². The Morgan fingerprint density at radius 3 is 1.88 bits per heavy atom. The fourth-order valence-corrected chi connectivity index (χ4v) is 3.93. The molecule has 1 aliphatic heterocycles. The maximum atomic E-state index is 13.6. The first-order chi connectivity index (χ1) is 15.7. The molecule has 3 amide bonds. The van der Waals surface area contributed by atoms with E-state index in [0.717, 1.165) is 16.7 Å². The zero-order valence-corrected chi connectivity index (χ0v) is 19.0. The lowest BCUT2D eigenvalue weighted by Gasteiger charge is -2.17. The Balaban J connectivity index is 1.80. The zero-order chi connectivity index (χ0) is 23.7. The third-order valence-corrected chi connectivity index (χ3v) is 5.36. The molecule has 2 N–H and O–H groups in total. The molecule has 0 bridgehead atoms. The van der Waals surface area contributed by atoms with Crippen LogP contribution in [0.2, 0.25) is 0 Å². The largest absolute Gasteiger partial charge is 0.350 e. The minimum atomic E-state index is -0.411. The number of benzene rings is 3. The monoisotopic (exact) mass is 439 g/mol. The van der Waals surface area contributed by atoms with Crippen molar-refractivity contribution in [3.63, 3.8) is 0 Å². The molecule has 0 radical (unpaired) electrons. The van der Waals surface area contributed by atoms with Crippen LogP contribution in [0.25, 0.3) is 5.57 Å². The Bertz CT molecular complexity index is 1270. The van der Waals surface area contributed by atoms with Crippen molar-refractivity contribution in [2.24, 2.45) is 0 Å². The lowest BCUT2D eigenvalue weighted by atomic mass is 10.0. The lowest BCUT2D eigenvalue weighted by Crippen LogP contribution is -2.32. The molecule has 0 saturated heterocycles. The zero-order valence-electron chi connectivity index (χ0n) is 19.0. The van der Waals surface area contributed by atoms with E-state index in [9.17, 15) is 14.4 Å².